The molecule has 1 unspecified atom stereocenters. The molecule has 0 saturated carbocycles. The number of ether oxygens (including phenoxy) is 2. The number of carbonyl (C=O) groups is 1. The van der Waals surface area contributed by atoms with Gasteiger partial charge in [0.15, 0.2) is 0 Å². The molecule has 0 spiro atoms. The molecule has 0 bridgehead atoms. The van der Waals surface area contributed by atoms with Gasteiger partial charge in [-0.3, -0.25) is 4.79 Å². The van der Waals surface area contributed by atoms with Crippen LogP contribution < -0.4 is 10.1 Å². The van der Waals surface area contributed by atoms with Gasteiger partial charge in [-0.05, 0) is 62.9 Å². The summed E-state index contributed by atoms with van der Waals surface area (Å²) >= 11 is 0. The van der Waals surface area contributed by atoms with Crippen LogP contribution in [0.2, 0.25) is 0 Å². The minimum atomic E-state index is -0.705. The highest BCUT2D eigenvalue weighted by molar-refractivity contribution is 5.80. The van der Waals surface area contributed by atoms with Gasteiger partial charge in [0.2, 0.25) is 0 Å². The Morgan fingerprint density at radius 2 is 2.00 bits per heavy atom. The van der Waals surface area contributed by atoms with E-state index in [1.807, 2.05) is 13.0 Å². The van der Waals surface area contributed by atoms with Crippen molar-refractivity contribution in [3.63, 3.8) is 0 Å². The lowest BCUT2D eigenvalue weighted by molar-refractivity contribution is -0.148. The molecule has 0 aliphatic heterocycles. The summed E-state index contributed by atoms with van der Waals surface area (Å²) in [5.74, 6) is 0.623. The zero-order valence-electron chi connectivity index (χ0n) is 13.2. The molecule has 1 aliphatic rings. The number of fused-ring (bicyclic) bond motifs is 1. The summed E-state index contributed by atoms with van der Waals surface area (Å²) in [5.41, 5.74) is 2.15. The smallest absolute Gasteiger partial charge is 0.325 e. The van der Waals surface area contributed by atoms with Crippen molar-refractivity contribution >= 4 is 5.97 Å². The van der Waals surface area contributed by atoms with Gasteiger partial charge in [-0.25, -0.2) is 0 Å². The summed E-state index contributed by atoms with van der Waals surface area (Å²) in [6.45, 7) is 2.31. The third kappa shape index (κ3) is 3.76. The van der Waals surface area contributed by atoms with Crippen molar-refractivity contribution in [2.45, 2.75) is 44.6 Å². The number of aryl methyl sites for hydroxylation is 2. The molecule has 1 aromatic rings. The molecule has 0 fully saturated rings. The zero-order valence-corrected chi connectivity index (χ0v) is 13.2. The van der Waals surface area contributed by atoms with E-state index in [9.17, 15) is 4.79 Å². The molecule has 0 amide bonds. The molecule has 0 heterocycles. The molecule has 1 atom stereocenters. The van der Waals surface area contributed by atoms with Gasteiger partial charge in [0.05, 0.1) is 13.7 Å². The third-order valence-corrected chi connectivity index (χ3v) is 4.38. The first-order chi connectivity index (χ1) is 10.1. The van der Waals surface area contributed by atoms with Gasteiger partial charge in [0.1, 0.15) is 11.3 Å². The highest BCUT2D eigenvalue weighted by atomic mass is 16.5. The Labute approximate surface area is 126 Å². The van der Waals surface area contributed by atoms with Gasteiger partial charge in [0.25, 0.3) is 0 Å². The summed E-state index contributed by atoms with van der Waals surface area (Å²) in [5, 5.41) is 3.01. The van der Waals surface area contributed by atoms with Crippen molar-refractivity contribution in [1.29, 1.82) is 0 Å². The van der Waals surface area contributed by atoms with E-state index in [1.165, 1.54) is 37.5 Å². The average molecular weight is 291 g/mol. The van der Waals surface area contributed by atoms with Crippen LogP contribution in [0.5, 0.6) is 5.75 Å². The van der Waals surface area contributed by atoms with E-state index in [0.29, 0.717) is 13.0 Å². The van der Waals surface area contributed by atoms with Crippen LogP contribution in [0.3, 0.4) is 0 Å². The zero-order chi connectivity index (χ0) is 15.3. The Morgan fingerprint density at radius 3 is 2.67 bits per heavy atom. The molecule has 1 aliphatic carbocycles. The Morgan fingerprint density at radius 1 is 1.29 bits per heavy atom. The summed E-state index contributed by atoms with van der Waals surface area (Å²) in [6.07, 6.45) is 5.43. The molecule has 0 radical (unpaired) electrons. The molecule has 0 saturated heterocycles. The first-order valence-corrected chi connectivity index (χ1v) is 7.61. The number of esters is 1. The summed E-state index contributed by atoms with van der Waals surface area (Å²) in [4.78, 5) is 11.8. The topological polar surface area (TPSA) is 47.6 Å². The van der Waals surface area contributed by atoms with Crippen molar-refractivity contribution < 1.29 is 14.3 Å². The number of rotatable bonds is 6. The normalized spacial score (nSPS) is 16.7. The van der Waals surface area contributed by atoms with E-state index in [1.54, 1.807) is 7.05 Å². The predicted molar refractivity (Wildman–Crippen MR) is 82.7 cm³/mol. The lowest BCUT2D eigenvalue weighted by atomic mass is 9.92. The van der Waals surface area contributed by atoms with Crippen molar-refractivity contribution in [1.82, 2.24) is 5.32 Å². The molecule has 21 heavy (non-hydrogen) atoms. The van der Waals surface area contributed by atoms with E-state index >= 15 is 0 Å². The number of hydrogen-bond donors (Lipinski definition) is 1. The van der Waals surface area contributed by atoms with Crippen LogP contribution in [0.15, 0.2) is 18.2 Å². The highest BCUT2D eigenvalue weighted by Crippen LogP contribution is 2.25. The van der Waals surface area contributed by atoms with Crippen molar-refractivity contribution in [2.24, 2.45) is 0 Å². The quantitative estimate of drug-likeness (QED) is 0.818. The number of likely N-dealkylation sites (N-methyl/N-ethyl adjacent to an activating group) is 1. The fourth-order valence-corrected chi connectivity index (χ4v) is 2.73. The number of nitrogens with one attached hydrogen (secondary N) is 1. The van der Waals surface area contributed by atoms with E-state index < -0.39 is 5.54 Å². The molecular formula is C17H25NO3. The lowest BCUT2D eigenvalue weighted by Crippen LogP contribution is -2.49. The molecule has 2 rings (SSSR count). The Hall–Kier alpha value is -1.55. The van der Waals surface area contributed by atoms with E-state index in [4.69, 9.17) is 9.47 Å². The number of methoxy groups -OCH3 is 1. The van der Waals surface area contributed by atoms with E-state index in [0.717, 1.165) is 12.2 Å². The largest absolute Gasteiger partial charge is 0.493 e. The second-order valence-electron chi connectivity index (χ2n) is 5.81. The third-order valence-electron chi connectivity index (χ3n) is 4.38. The van der Waals surface area contributed by atoms with Crippen LogP contribution >= 0.6 is 0 Å². The van der Waals surface area contributed by atoms with E-state index in [-0.39, 0.29) is 5.97 Å². The van der Waals surface area contributed by atoms with Crippen molar-refractivity contribution in [3.8, 4) is 5.75 Å². The summed E-state index contributed by atoms with van der Waals surface area (Å²) in [6, 6.07) is 6.34. The van der Waals surface area contributed by atoms with Crippen LogP contribution in [-0.2, 0) is 22.4 Å². The number of benzene rings is 1. The first kappa shape index (κ1) is 15.8. The van der Waals surface area contributed by atoms with Gasteiger partial charge >= 0.3 is 5.97 Å². The fraction of sp³-hybridized carbons (Fsp3) is 0.588. The maximum absolute atomic E-state index is 11.8. The molecule has 4 heteroatoms. The summed E-state index contributed by atoms with van der Waals surface area (Å²) < 4.78 is 10.6. The van der Waals surface area contributed by atoms with Crippen molar-refractivity contribution in [3.05, 3.63) is 29.3 Å². The Bertz CT molecular complexity index is 501. The van der Waals surface area contributed by atoms with Crippen LogP contribution in [0.1, 0.15) is 37.3 Å². The molecular weight excluding hydrogens is 266 g/mol. The minimum Gasteiger partial charge on any atom is -0.493 e. The van der Waals surface area contributed by atoms with Gasteiger partial charge < -0.3 is 14.8 Å². The van der Waals surface area contributed by atoms with Crippen LogP contribution in [0.4, 0.5) is 0 Å². The maximum Gasteiger partial charge on any atom is 0.325 e. The Kier molecular flexibility index (Phi) is 5.23. The van der Waals surface area contributed by atoms with Crippen LogP contribution in [0.25, 0.3) is 0 Å². The minimum absolute atomic E-state index is 0.265. The predicted octanol–water partition coefficient (Wildman–Crippen LogP) is 2.49. The lowest BCUT2D eigenvalue weighted by Gasteiger charge is -2.26. The molecule has 1 N–H and O–H groups in total. The molecule has 1 aromatic carbocycles. The molecule has 0 aromatic heterocycles. The monoisotopic (exact) mass is 291 g/mol. The van der Waals surface area contributed by atoms with Crippen LogP contribution in [0, 0.1) is 0 Å². The van der Waals surface area contributed by atoms with Gasteiger partial charge in [-0.15, -0.1) is 0 Å². The van der Waals surface area contributed by atoms with Gasteiger partial charge in [-0.1, -0.05) is 6.07 Å². The average Bonchev–Trinajstić information content (AvgIpc) is 2.53. The Balaban J connectivity index is 1.92. The van der Waals surface area contributed by atoms with Crippen molar-refractivity contribution in [2.75, 3.05) is 20.8 Å². The SMILES string of the molecule is CNC(C)(CCOc1ccc2c(c1)CCCC2)C(=O)OC. The molecule has 4 nitrogen and oxygen atoms in total. The standard InChI is InChI=1S/C17H25NO3/c1-17(18-2,16(19)20-3)10-11-21-15-9-8-13-6-4-5-7-14(13)12-15/h8-9,12,18H,4-7,10-11H2,1-3H3. The highest BCUT2D eigenvalue weighted by Gasteiger charge is 2.32. The second kappa shape index (κ2) is 6.94. The van der Waals surface area contributed by atoms with Gasteiger partial charge in [0, 0.05) is 6.42 Å². The number of carbonyl (C=O) groups excluding carboxylic acids is 1. The molecule has 116 valence electrons. The van der Waals surface area contributed by atoms with E-state index in [2.05, 4.69) is 17.4 Å². The number of hydrogen-bond acceptors (Lipinski definition) is 4. The second-order valence-corrected chi connectivity index (χ2v) is 5.81. The summed E-state index contributed by atoms with van der Waals surface area (Å²) in [7, 11) is 3.16. The van der Waals surface area contributed by atoms with Gasteiger partial charge in [-0.2, -0.15) is 0 Å². The first-order valence-electron chi connectivity index (χ1n) is 7.61. The maximum atomic E-state index is 11.8. The van der Waals surface area contributed by atoms with Crippen LogP contribution in [-0.4, -0.2) is 32.3 Å². The fourth-order valence-electron chi connectivity index (χ4n) is 2.73.